The minimum Gasteiger partial charge on any atom is -0.469 e. The molecule has 0 aliphatic carbocycles. The van der Waals surface area contributed by atoms with E-state index in [4.69, 9.17) is 14.1 Å². The van der Waals surface area contributed by atoms with Gasteiger partial charge in [0.15, 0.2) is 5.96 Å². The number of furan rings is 1. The van der Waals surface area contributed by atoms with E-state index in [1.807, 2.05) is 12.1 Å². The van der Waals surface area contributed by atoms with E-state index in [0.717, 1.165) is 57.4 Å². The zero-order valence-electron chi connectivity index (χ0n) is 19.2. The smallest absolute Gasteiger partial charge is 0.193 e. The molecule has 2 aliphatic rings. The van der Waals surface area contributed by atoms with Crippen LogP contribution in [-0.4, -0.2) is 57.3 Å². The SMILES string of the molecule is CN(Cc1ccc(N2CCCCC2)cc1)C(=NCC1CCOC1)NCCc1ccco1.I. The van der Waals surface area contributed by atoms with Crippen molar-refractivity contribution in [3.05, 3.63) is 54.0 Å². The summed E-state index contributed by atoms with van der Waals surface area (Å²) in [5.41, 5.74) is 2.64. The van der Waals surface area contributed by atoms with Crippen LogP contribution < -0.4 is 10.2 Å². The second kappa shape index (κ2) is 13.1. The first-order valence-electron chi connectivity index (χ1n) is 11.7. The number of anilines is 1. The molecular weight excluding hydrogens is 515 g/mol. The predicted molar refractivity (Wildman–Crippen MR) is 141 cm³/mol. The molecule has 7 heteroatoms. The highest BCUT2D eigenvalue weighted by Gasteiger charge is 2.16. The van der Waals surface area contributed by atoms with Gasteiger partial charge in [0.25, 0.3) is 0 Å². The molecule has 1 aromatic heterocycles. The second-order valence-electron chi connectivity index (χ2n) is 8.72. The van der Waals surface area contributed by atoms with Gasteiger partial charge >= 0.3 is 0 Å². The molecule has 0 radical (unpaired) electrons. The third-order valence-corrected chi connectivity index (χ3v) is 6.20. The van der Waals surface area contributed by atoms with Crippen molar-refractivity contribution in [3.8, 4) is 0 Å². The molecule has 176 valence electrons. The van der Waals surface area contributed by atoms with Crippen molar-refractivity contribution in [3.63, 3.8) is 0 Å². The summed E-state index contributed by atoms with van der Waals surface area (Å²) in [5.74, 6) is 2.46. The monoisotopic (exact) mass is 552 g/mol. The van der Waals surface area contributed by atoms with Crippen LogP contribution in [0.15, 0.2) is 52.1 Å². The molecule has 0 spiro atoms. The van der Waals surface area contributed by atoms with Gasteiger partial charge in [-0.25, -0.2) is 0 Å². The average Bonchev–Trinajstić information content (AvgIpc) is 3.51. The van der Waals surface area contributed by atoms with Crippen LogP contribution in [0.5, 0.6) is 0 Å². The van der Waals surface area contributed by atoms with Crippen molar-refractivity contribution in [1.29, 1.82) is 0 Å². The largest absolute Gasteiger partial charge is 0.469 e. The van der Waals surface area contributed by atoms with Crippen LogP contribution in [0.4, 0.5) is 5.69 Å². The molecule has 1 aromatic carbocycles. The summed E-state index contributed by atoms with van der Waals surface area (Å²) in [7, 11) is 2.11. The first-order valence-corrected chi connectivity index (χ1v) is 11.7. The standard InChI is InChI=1S/C25H36N4O2.HI/c1-28(19-21-7-9-23(10-8-21)29-14-3-2-4-15-29)25(27-18-22-12-17-30-20-22)26-13-11-24-6-5-16-31-24;/h5-10,16,22H,2-4,11-15,17-20H2,1H3,(H,26,27);1H. The Morgan fingerprint density at radius 2 is 1.97 bits per heavy atom. The number of guanidine groups is 1. The number of rotatable bonds is 8. The Balaban J connectivity index is 0.00000289. The van der Waals surface area contributed by atoms with E-state index in [9.17, 15) is 0 Å². The number of hydrogen-bond donors (Lipinski definition) is 1. The number of aliphatic imine (C=N–C) groups is 1. The first-order chi connectivity index (χ1) is 15.3. The van der Waals surface area contributed by atoms with Gasteiger partial charge in [-0.15, -0.1) is 24.0 Å². The van der Waals surface area contributed by atoms with E-state index < -0.39 is 0 Å². The number of hydrogen-bond acceptors (Lipinski definition) is 4. The molecule has 0 amide bonds. The molecular formula is C25H37IN4O2. The zero-order valence-corrected chi connectivity index (χ0v) is 21.5. The van der Waals surface area contributed by atoms with Crippen LogP contribution in [0.3, 0.4) is 0 Å². The fourth-order valence-electron chi connectivity index (χ4n) is 4.32. The van der Waals surface area contributed by atoms with Gasteiger partial charge in [-0.1, -0.05) is 12.1 Å². The van der Waals surface area contributed by atoms with Crippen LogP contribution in [0, 0.1) is 5.92 Å². The Labute approximate surface area is 209 Å². The van der Waals surface area contributed by atoms with Crippen LogP contribution in [0.2, 0.25) is 0 Å². The molecule has 0 saturated carbocycles. The first kappa shape index (κ1) is 24.9. The lowest BCUT2D eigenvalue weighted by Crippen LogP contribution is -2.40. The van der Waals surface area contributed by atoms with Crippen molar-refractivity contribution in [2.75, 3.05) is 51.3 Å². The number of nitrogens with zero attached hydrogens (tertiary/aromatic N) is 3. The highest BCUT2D eigenvalue weighted by molar-refractivity contribution is 14.0. The minimum absolute atomic E-state index is 0. The quantitative estimate of drug-likeness (QED) is 0.296. The molecule has 6 nitrogen and oxygen atoms in total. The molecule has 2 aromatic rings. The van der Waals surface area contributed by atoms with Gasteiger partial charge in [0.1, 0.15) is 5.76 Å². The molecule has 2 aliphatic heterocycles. The second-order valence-corrected chi connectivity index (χ2v) is 8.72. The molecule has 0 bridgehead atoms. The number of halogens is 1. The van der Waals surface area contributed by atoms with Gasteiger partial charge < -0.3 is 24.3 Å². The summed E-state index contributed by atoms with van der Waals surface area (Å²) in [6, 6.07) is 13.0. The van der Waals surface area contributed by atoms with Crippen molar-refractivity contribution in [2.24, 2.45) is 10.9 Å². The molecule has 1 unspecified atom stereocenters. The Morgan fingerprint density at radius 3 is 2.66 bits per heavy atom. The van der Waals surface area contributed by atoms with E-state index in [2.05, 4.69) is 46.4 Å². The Hall–Kier alpha value is -1.74. The van der Waals surface area contributed by atoms with Crippen LogP contribution >= 0.6 is 24.0 Å². The van der Waals surface area contributed by atoms with Gasteiger partial charge in [0.2, 0.25) is 0 Å². The summed E-state index contributed by atoms with van der Waals surface area (Å²) in [6.07, 6.45) is 7.65. The van der Waals surface area contributed by atoms with Crippen LogP contribution in [0.1, 0.15) is 37.0 Å². The highest BCUT2D eigenvalue weighted by atomic mass is 127. The fraction of sp³-hybridized carbons (Fsp3) is 0.560. The minimum atomic E-state index is 0. The van der Waals surface area contributed by atoms with E-state index in [-0.39, 0.29) is 24.0 Å². The van der Waals surface area contributed by atoms with Crippen LogP contribution in [-0.2, 0) is 17.7 Å². The Bertz CT molecular complexity index is 798. The molecule has 3 heterocycles. The number of nitrogens with one attached hydrogen (secondary N) is 1. The predicted octanol–water partition coefficient (Wildman–Crippen LogP) is 4.54. The normalized spacial score (nSPS) is 19.0. The third-order valence-electron chi connectivity index (χ3n) is 6.20. The van der Waals surface area contributed by atoms with E-state index in [1.165, 1.54) is 43.6 Å². The zero-order chi connectivity index (χ0) is 21.3. The van der Waals surface area contributed by atoms with E-state index in [0.29, 0.717) is 5.92 Å². The van der Waals surface area contributed by atoms with Gasteiger partial charge in [0, 0.05) is 64.4 Å². The number of benzene rings is 1. The fourth-order valence-corrected chi connectivity index (χ4v) is 4.32. The van der Waals surface area contributed by atoms with E-state index in [1.54, 1.807) is 6.26 Å². The molecule has 4 rings (SSSR count). The average molecular weight is 553 g/mol. The Morgan fingerprint density at radius 1 is 1.16 bits per heavy atom. The molecule has 32 heavy (non-hydrogen) atoms. The summed E-state index contributed by atoms with van der Waals surface area (Å²) in [4.78, 5) is 9.64. The maximum absolute atomic E-state index is 5.52. The van der Waals surface area contributed by atoms with Gasteiger partial charge in [-0.05, 0) is 55.5 Å². The lowest BCUT2D eigenvalue weighted by molar-refractivity contribution is 0.187. The summed E-state index contributed by atoms with van der Waals surface area (Å²) in [5, 5.41) is 3.53. The van der Waals surface area contributed by atoms with Gasteiger partial charge in [-0.2, -0.15) is 0 Å². The van der Waals surface area contributed by atoms with Crippen molar-refractivity contribution in [1.82, 2.24) is 10.2 Å². The topological polar surface area (TPSA) is 53.2 Å². The summed E-state index contributed by atoms with van der Waals surface area (Å²) < 4.78 is 11.0. The van der Waals surface area contributed by atoms with Crippen molar-refractivity contribution in [2.45, 2.75) is 38.6 Å². The third kappa shape index (κ3) is 7.40. The summed E-state index contributed by atoms with van der Waals surface area (Å²) >= 11 is 0. The maximum atomic E-state index is 5.52. The molecule has 1 atom stereocenters. The lowest BCUT2D eigenvalue weighted by atomic mass is 10.1. The number of piperidine rings is 1. The lowest BCUT2D eigenvalue weighted by Gasteiger charge is -2.29. The van der Waals surface area contributed by atoms with Crippen molar-refractivity contribution >= 4 is 35.6 Å². The van der Waals surface area contributed by atoms with Gasteiger partial charge in [-0.3, -0.25) is 4.99 Å². The van der Waals surface area contributed by atoms with E-state index >= 15 is 0 Å². The maximum Gasteiger partial charge on any atom is 0.193 e. The van der Waals surface area contributed by atoms with Crippen LogP contribution in [0.25, 0.3) is 0 Å². The van der Waals surface area contributed by atoms with Crippen molar-refractivity contribution < 1.29 is 9.15 Å². The van der Waals surface area contributed by atoms with Gasteiger partial charge in [0.05, 0.1) is 12.9 Å². The highest BCUT2D eigenvalue weighted by Crippen LogP contribution is 2.20. The summed E-state index contributed by atoms with van der Waals surface area (Å²) in [6.45, 7) is 6.48. The molecule has 2 fully saturated rings. The molecule has 2 saturated heterocycles. The number of ether oxygens (including phenoxy) is 1. The molecule has 1 N–H and O–H groups in total. The Kier molecular flexibility index (Phi) is 10.2.